The summed E-state index contributed by atoms with van der Waals surface area (Å²) in [6.45, 7) is 9.60. The van der Waals surface area contributed by atoms with Gasteiger partial charge in [-0.2, -0.15) is 11.3 Å². The monoisotopic (exact) mass is 302 g/mol. The van der Waals surface area contributed by atoms with Crippen LogP contribution in [0.15, 0.2) is 35.0 Å². The maximum absolute atomic E-state index is 3.56. The fourth-order valence-corrected chi connectivity index (χ4v) is 3.13. The quantitative estimate of drug-likeness (QED) is 0.813. The highest BCUT2D eigenvalue weighted by Gasteiger charge is 2.09. The third kappa shape index (κ3) is 4.87. The molecule has 1 aromatic carbocycles. The van der Waals surface area contributed by atoms with E-state index in [1.807, 2.05) is 0 Å². The summed E-state index contributed by atoms with van der Waals surface area (Å²) in [5.41, 5.74) is 5.41. The number of rotatable bonds is 7. The van der Waals surface area contributed by atoms with Gasteiger partial charge in [0, 0.05) is 25.8 Å². The fraction of sp³-hybridized carbons (Fsp3) is 0.444. The highest BCUT2D eigenvalue weighted by molar-refractivity contribution is 7.07. The van der Waals surface area contributed by atoms with Crippen LogP contribution in [0.2, 0.25) is 0 Å². The van der Waals surface area contributed by atoms with Crippen molar-refractivity contribution in [3.05, 3.63) is 51.7 Å². The first-order valence-electron chi connectivity index (χ1n) is 7.58. The number of nitrogens with one attached hydrogen (secondary N) is 1. The van der Waals surface area contributed by atoms with Crippen LogP contribution >= 0.6 is 11.3 Å². The summed E-state index contributed by atoms with van der Waals surface area (Å²) in [6.07, 6.45) is 0. The van der Waals surface area contributed by atoms with Gasteiger partial charge in [-0.1, -0.05) is 31.5 Å². The Hall–Kier alpha value is -1.32. The van der Waals surface area contributed by atoms with Crippen LogP contribution in [0.1, 0.15) is 30.5 Å². The second kappa shape index (κ2) is 7.62. The first-order chi connectivity index (χ1) is 10.1. The Morgan fingerprint density at radius 1 is 1.24 bits per heavy atom. The van der Waals surface area contributed by atoms with Gasteiger partial charge in [0.25, 0.3) is 0 Å². The van der Waals surface area contributed by atoms with Crippen LogP contribution in [-0.4, -0.2) is 13.6 Å². The van der Waals surface area contributed by atoms with Gasteiger partial charge in [0.15, 0.2) is 0 Å². The molecule has 0 atom stereocenters. The predicted molar refractivity (Wildman–Crippen MR) is 94.1 cm³/mol. The number of benzene rings is 1. The summed E-state index contributed by atoms with van der Waals surface area (Å²) in [7, 11) is 2.17. The molecule has 2 rings (SSSR count). The molecular formula is C18H26N2S. The zero-order valence-electron chi connectivity index (χ0n) is 13.5. The topological polar surface area (TPSA) is 15.3 Å². The van der Waals surface area contributed by atoms with Gasteiger partial charge in [-0.05, 0) is 53.4 Å². The van der Waals surface area contributed by atoms with Crippen LogP contribution in [0.3, 0.4) is 0 Å². The molecule has 0 aliphatic carbocycles. The van der Waals surface area contributed by atoms with E-state index in [-0.39, 0.29) is 0 Å². The zero-order chi connectivity index (χ0) is 15.2. The molecule has 0 amide bonds. The third-order valence-electron chi connectivity index (χ3n) is 3.51. The Labute approximate surface area is 132 Å². The van der Waals surface area contributed by atoms with Crippen molar-refractivity contribution in [1.29, 1.82) is 0 Å². The minimum absolute atomic E-state index is 0.682. The molecule has 21 heavy (non-hydrogen) atoms. The number of anilines is 1. The van der Waals surface area contributed by atoms with Crippen molar-refractivity contribution in [2.45, 2.75) is 33.9 Å². The lowest BCUT2D eigenvalue weighted by Gasteiger charge is -2.23. The van der Waals surface area contributed by atoms with Gasteiger partial charge >= 0.3 is 0 Å². The lowest BCUT2D eigenvalue weighted by atomic mass is 10.1. The number of nitrogens with zero attached hydrogens (tertiary/aromatic N) is 1. The number of hydrogen-bond donors (Lipinski definition) is 1. The van der Waals surface area contributed by atoms with E-state index < -0.39 is 0 Å². The average molecular weight is 302 g/mol. The van der Waals surface area contributed by atoms with Crippen molar-refractivity contribution in [2.75, 3.05) is 18.5 Å². The number of thiophene rings is 1. The highest BCUT2D eigenvalue weighted by atomic mass is 32.1. The van der Waals surface area contributed by atoms with Crippen molar-refractivity contribution >= 4 is 17.0 Å². The molecule has 1 heterocycles. The van der Waals surface area contributed by atoms with Crippen molar-refractivity contribution in [3.63, 3.8) is 0 Å². The molecule has 114 valence electrons. The Kier molecular flexibility index (Phi) is 5.83. The van der Waals surface area contributed by atoms with E-state index in [2.05, 4.69) is 73.1 Å². The highest BCUT2D eigenvalue weighted by Crippen LogP contribution is 2.23. The van der Waals surface area contributed by atoms with E-state index in [4.69, 9.17) is 0 Å². The Balaban J connectivity index is 2.09. The molecule has 0 saturated carbocycles. The first kappa shape index (κ1) is 16.1. The maximum atomic E-state index is 3.56. The van der Waals surface area contributed by atoms with Crippen LogP contribution in [0.5, 0.6) is 0 Å². The predicted octanol–water partition coefficient (Wildman–Crippen LogP) is 4.44. The summed E-state index contributed by atoms with van der Waals surface area (Å²) in [5.74, 6) is 0.682. The first-order valence-corrected chi connectivity index (χ1v) is 8.53. The molecule has 2 aromatic rings. The molecule has 1 aromatic heterocycles. The van der Waals surface area contributed by atoms with E-state index in [0.717, 1.165) is 19.6 Å². The third-order valence-corrected chi connectivity index (χ3v) is 4.25. The zero-order valence-corrected chi connectivity index (χ0v) is 14.3. The minimum atomic E-state index is 0.682. The molecule has 0 spiro atoms. The van der Waals surface area contributed by atoms with E-state index in [9.17, 15) is 0 Å². The number of hydrogen-bond acceptors (Lipinski definition) is 3. The second-order valence-electron chi connectivity index (χ2n) is 6.14. The van der Waals surface area contributed by atoms with Crippen LogP contribution in [0.25, 0.3) is 0 Å². The maximum Gasteiger partial charge on any atom is 0.0434 e. The van der Waals surface area contributed by atoms with Crippen molar-refractivity contribution < 1.29 is 0 Å². The van der Waals surface area contributed by atoms with Gasteiger partial charge < -0.3 is 10.2 Å². The van der Waals surface area contributed by atoms with Crippen LogP contribution in [0.4, 0.5) is 5.69 Å². The second-order valence-corrected chi connectivity index (χ2v) is 6.92. The molecule has 0 aliphatic heterocycles. The smallest absolute Gasteiger partial charge is 0.0434 e. The molecule has 1 N–H and O–H groups in total. The van der Waals surface area contributed by atoms with Gasteiger partial charge in [-0.25, -0.2) is 0 Å². The van der Waals surface area contributed by atoms with Gasteiger partial charge in [0.1, 0.15) is 0 Å². The Morgan fingerprint density at radius 3 is 2.71 bits per heavy atom. The standard InChI is InChI=1S/C18H26N2S/c1-14(2)10-19-11-17-9-15(3)5-6-18(17)20(4)12-16-7-8-21-13-16/h5-9,13-14,19H,10-12H2,1-4H3. The normalized spacial score (nSPS) is 11.1. The molecule has 0 bridgehead atoms. The van der Waals surface area contributed by atoms with Gasteiger partial charge in [0.2, 0.25) is 0 Å². The molecular weight excluding hydrogens is 276 g/mol. The molecule has 3 heteroatoms. The average Bonchev–Trinajstić information content (AvgIpc) is 2.91. The minimum Gasteiger partial charge on any atom is -0.370 e. The van der Waals surface area contributed by atoms with Gasteiger partial charge in [-0.3, -0.25) is 0 Å². The molecule has 0 radical (unpaired) electrons. The van der Waals surface area contributed by atoms with Gasteiger partial charge in [0.05, 0.1) is 0 Å². The van der Waals surface area contributed by atoms with Crippen molar-refractivity contribution in [2.24, 2.45) is 5.92 Å². The van der Waals surface area contributed by atoms with E-state index in [1.54, 1.807) is 11.3 Å². The van der Waals surface area contributed by atoms with Crippen LogP contribution in [0, 0.1) is 12.8 Å². The largest absolute Gasteiger partial charge is 0.370 e. The molecule has 0 saturated heterocycles. The molecule has 0 unspecified atom stereocenters. The summed E-state index contributed by atoms with van der Waals surface area (Å²) in [4.78, 5) is 2.34. The number of aryl methyl sites for hydroxylation is 1. The summed E-state index contributed by atoms with van der Waals surface area (Å²) in [6, 6.07) is 8.94. The SMILES string of the molecule is Cc1ccc(N(C)Cc2ccsc2)c(CNCC(C)C)c1. The van der Waals surface area contributed by atoms with E-state index >= 15 is 0 Å². The van der Waals surface area contributed by atoms with E-state index in [0.29, 0.717) is 5.92 Å². The molecule has 0 fully saturated rings. The Bertz CT molecular complexity index is 546. The molecule has 2 nitrogen and oxygen atoms in total. The van der Waals surface area contributed by atoms with Gasteiger partial charge in [-0.15, -0.1) is 0 Å². The molecule has 0 aliphatic rings. The van der Waals surface area contributed by atoms with Crippen LogP contribution in [-0.2, 0) is 13.1 Å². The van der Waals surface area contributed by atoms with Crippen molar-refractivity contribution in [3.8, 4) is 0 Å². The summed E-state index contributed by atoms with van der Waals surface area (Å²) in [5, 5.41) is 7.92. The summed E-state index contributed by atoms with van der Waals surface area (Å²) < 4.78 is 0. The van der Waals surface area contributed by atoms with Crippen LogP contribution < -0.4 is 10.2 Å². The summed E-state index contributed by atoms with van der Waals surface area (Å²) >= 11 is 1.76. The van der Waals surface area contributed by atoms with Crippen molar-refractivity contribution in [1.82, 2.24) is 5.32 Å². The lowest BCUT2D eigenvalue weighted by molar-refractivity contribution is 0.552. The fourth-order valence-electron chi connectivity index (χ4n) is 2.47. The Morgan fingerprint density at radius 2 is 2.05 bits per heavy atom. The van der Waals surface area contributed by atoms with E-state index in [1.165, 1.54) is 22.4 Å². The lowest BCUT2D eigenvalue weighted by Crippen LogP contribution is -2.22.